The molecule has 0 saturated heterocycles. The molecule has 3 fully saturated rings. The van der Waals surface area contributed by atoms with Gasteiger partial charge in [0.2, 0.25) is 0 Å². The molecule has 0 atom stereocenters. The van der Waals surface area contributed by atoms with Crippen LogP contribution in [0.5, 0.6) is 0 Å². The predicted molar refractivity (Wildman–Crippen MR) is 107 cm³/mol. The van der Waals surface area contributed by atoms with E-state index in [4.69, 9.17) is 0 Å². The Hall–Kier alpha value is -2.83. The van der Waals surface area contributed by atoms with Crippen LogP contribution in [0.25, 0.3) is 10.9 Å². The van der Waals surface area contributed by atoms with Crippen LogP contribution in [-0.4, -0.2) is 21.0 Å². The highest BCUT2D eigenvalue weighted by Crippen LogP contribution is 2.68. The van der Waals surface area contributed by atoms with E-state index in [0.29, 0.717) is 17.5 Å². The lowest BCUT2D eigenvalue weighted by Crippen LogP contribution is -2.74. The molecule has 3 aliphatic carbocycles. The van der Waals surface area contributed by atoms with Gasteiger partial charge >= 0.3 is 6.18 Å². The van der Waals surface area contributed by atoms with E-state index in [9.17, 15) is 18.0 Å². The number of fused-ring (bicyclic) bond motifs is 1. The average molecular weight is 413 g/mol. The number of halogens is 3. The van der Waals surface area contributed by atoms with E-state index in [-0.39, 0.29) is 11.4 Å². The molecule has 0 aliphatic heterocycles. The summed E-state index contributed by atoms with van der Waals surface area (Å²) in [6.07, 6.45) is 5.03. The number of carbonyl (C=O) groups excluding carboxylic acids is 1. The number of benzene rings is 1. The number of pyridine rings is 1. The third kappa shape index (κ3) is 2.99. The fourth-order valence-corrected chi connectivity index (χ4v) is 5.26. The van der Waals surface area contributed by atoms with Gasteiger partial charge in [-0.3, -0.25) is 9.78 Å². The van der Waals surface area contributed by atoms with Crippen LogP contribution in [-0.2, 0) is 12.7 Å². The first-order valence-electron chi connectivity index (χ1n) is 10.1. The Balaban J connectivity index is 1.40. The normalized spacial score (nSPS) is 24.9. The highest BCUT2D eigenvalue weighted by atomic mass is 19.4. The summed E-state index contributed by atoms with van der Waals surface area (Å²) < 4.78 is 40.3. The standard InChI is InChI=1S/C23H22F3N3O/c1-2-21-12-22(13-21,14-21)28-20(30)18-10-27-9-16-7-8-29(19(16)18)11-15-3-5-17(6-4-15)23(24,25)26/h3-10H,2,11-14H2,1H3,(H,28,30). The van der Waals surface area contributed by atoms with Crippen molar-refractivity contribution in [2.24, 2.45) is 5.41 Å². The zero-order valence-electron chi connectivity index (χ0n) is 16.6. The smallest absolute Gasteiger partial charge is 0.346 e. The topological polar surface area (TPSA) is 46.9 Å². The Morgan fingerprint density at radius 2 is 1.83 bits per heavy atom. The van der Waals surface area contributed by atoms with E-state index < -0.39 is 11.7 Å². The van der Waals surface area contributed by atoms with Crippen molar-refractivity contribution in [1.82, 2.24) is 14.9 Å². The molecule has 1 N–H and O–H groups in total. The van der Waals surface area contributed by atoms with Gasteiger partial charge in [0, 0.05) is 36.1 Å². The molecule has 1 aromatic carbocycles. The van der Waals surface area contributed by atoms with E-state index >= 15 is 0 Å². The van der Waals surface area contributed by atoms with Crippen molar-refractivity contribution in [3.05, 3.63) is 65.6 Å². The summed E-state index contributed by atoms with van der Waals surface area (Å²) in [5.74, 6) is -0.134. The highest BCUT2D eigenvalue weighted by molar-refractivity contribution is 6.06. The van der Waals surface area contributed by atoms with E-state index in [1.54, 1.807) is 12.4 Å². The van der Waals surface area contributed by atoms with E-state index in [2.05, 4.69) is 17.2 Å². The van der Waals surface area contributed by atoms with Gasteiger partial charge in [-0.1, -0.05) is 25.5 Å². The molecule has 0 unspecified atom stereocenters. The van der Waals surface area contributed by atoms with Crippen LogP contribution in [0.15, 0.2) is 48.9 Å². The molecule has 3 aliphatic rings. The maximum Gasteiger partial charge on any atom is 0.416 e. The fourth-order valence-electron chi connectivity index (χ4n) is 5.26. The molecule has 1 amide bonds. The molecule has 2 heterocycles. The molecule has 0 radical (unpaired) electrons. The van der Waals surface area contributed by atoms with Gasteiger partial charge in [0.1, 0.15) is 0 Å². The summed E-state index contributed by atoms with van der Waals surface area (Å²) >= 11 is 0. The van der Waals surface area contributed by atoms with Crippen LogP contribution in [0.4, 0.5) is 13.2 Å². The second kappa shape index (κ2) is 6.33. The summed E-state index contributed by atoms with van der Waals surface area (Å²) in [6, 6.07) is 6.99. The summed E-state index contributed by atoms with van der Waals surface area (Å²) in [5, 5.41) is 4.04. The lowest BCUT2D eigenvalue weighted by Gasteiger charge is -2.70. The van der Waals surface area contributed by atoms with E-state index in [1.165, 1.54) is 12.1 Å². The van der Waals surface area contributed by atoms with Crippen LogP contribution >= 0.6 is 0 Å². The Bertz CT molecular complexity index is 1110. The first-order valence-corrected chi connectivity index (χ1v) is 10.1. The number of aromatic nitrogens is 2. The third-order valence-electron chi connectivity index (χ3n) is 6.81. The molecule has 2 aromatic heterocycles. The second-order valence-corrected chi connectivity index (χ2v) is 8.88. The molecule has 6 rings (SSSR count). The molecule has 3 saturated carbocycles. The van der Waals surface area contributed by atoms with Gasteiger partial charge in [-0.2, -0.15) is 13.2 Å². The molecular weight excluding hydrogens is 391 g/mol. The molecule has 30 heavy (non-hydrogen) atoms. The van der Waals surface area contributed by atoms with Gasteiger partial charge in [0.05, 0.1) is 16.6 Å². The number of hydrogen-bond acceptors (Lipinski definition) is 2. The maximum absolute atomic E-state index is 13.1. The van der Waals surface area contributed by atoms with Crippen LogP contribution in [0.3, 0.4) is 0 Å². The van der Waals surface area contributed by atoms with Crippen molar-refractivity contribution in [1.29, 1.82) is 0 Å². The lowest BCUT2D eigenvalue weighted by molar-refractivity contribution is -0.149. The van der Waals surface area contributed by atoms with Crippen molar-refractivity contribution < 1.29 is 18.0 Å². The summed E-state index contributed by atoms with van der Waals surface area (Å²) in [6.45, 7) is 2.57. The number of hydrogen-bond donors (Lipinski definition) is 1. The Morgan fingerprint density at radius 3 is 2.47 bits per heavy atom. The summed E-state index contributed by atoms with van der Waals surface area (Å²) in [5.41, 5.74) is 1.67. The number of nitrogens with zero attached hydrogens (tertiary/aromatic N) is 2. The lowest BCUT2D eigenvalue weighted by atomic mass is 9.38. The quantitative estimate of drug-likeness (QED) is 0.628. The number of carbonyl (C=O) groups is 1. The van der Waals surface area contributed by atoms with Crippen LogP contribution in [0.2, 0.25) is 0 Å². The monoisotopic (exact) mass is 413 g/mol. The molecule has 2 bridgehead atoms. The average Bonchev–Trinajstić information content (AvgIpc) is 3.06. The third-order valence-corrected chi connectivity index (χ3v) is 6.81. The molecule has 0 spiro atoms. The van der Waals surface area contributed by atoms with Gasteiger partial charge in [-0.05, 0) is 48.4 Å². The molecular formula is C23H22F3N3O. The zero-order valence-corrected chi connectivity index (χ0v) is 16.6. The Kier molecular flexibility index (Phi) is 4.04. The SMILES string of the molecule is CCC12CC(NC(=O)c3cncc4ccn(Cc5ccc(C(F)(F)F)cc5)c34)(C1)C2. The first kappa shape index (κ1) is 19.2. The number of amides is 1. The Morgan fingerprint density at radius 1 is 1.13 bits per heavy atom. The van der Waals surface area contributed by atoms with Crippen molar-refractivity contribution >= 4 is 16.8 Å². The van der Waals surface area contributed by atoms with Crippen LogP contribution in [0, 0.1) is 5.41 Å². The minimum Gasteiger partial charge on any atom is -0.346 e. The van der Waals surface area contributed by atoms with Crippen molar-refractivity contribution in [3.8, 4) is 0 Å². The minimum atomic E-state index is -4.35. The number of alkyl halides is 3. The molecule has 4 nitrogen and oxygen atoms in total. The van der Waals surface area contributed by atoms with E-state index in [0.717, 1.165) is 54.3 Å². The van der Waals surface area contributed by atoms with Gasteiger partial charge in [0.25, 0.3) is 5.91 Å². The van der Waals surface area contributed by atoms with Crippen LogP contribution < -0.4 is 5.32 Å². The largest absolute Gasteiger partial charge is 0.416 e. The van der Waals surface area contributed by atoms with Crippen molar-refractivity contribution in [2.75, 3.05) is 0 Å². The Labute approximate surface area is 172 Å². The van der Waals surface area contributed by atoms with Gasteiger partial charge < -0.3 is 9.88 Å². The minimum absolute atomic E-state index is 0.0693. The molecule has 3 aromatic rings. The van der Waals surface area contributed by atoms with Gasteiger partial charge in [-0.25, -0.2) is 0 Å². The predicted octanol–water partition coefficient (Wildman–Crippen LogP) is 5.17. The van der Waals surface area contributed by atoms with Gasteiger partial charge in [-0.15, -0.1) is 0 Å². The first-order chi connectivity index (χ1) is 14.2. The molecule has 7 heteroatoms. The van der Waals surface area contributed by atoms with Gasteiger partial charge in [0.15, 0.2) is 0 Å². The number of rotatable bonds is 5. The zero-order chi connectivity index (χ0) is 21.1. The van der Waals surface area contributed by atoms with Crippen molar-refractivity contribution in [3.63, 3.8) is 0 Å². The second-order valence-electron chi connectivity index (χ2n) is 8.88. The number of nitrogens with one attached hydrogen (secondary N) is 1. The van der Waals surface area contributed by atoms with E-state index in [1.807, 2.05) is 16.8 Å². The fraction of sp³-hybridized carbons (Fsp3) is 0.391. The molecule has 156 valence electrons. The van der Waals surface area contributed by atoms with Crippen LogP contribution in [0.1, 0.15) is 54.1 Å². The van der Waals surface area contributed by atoms with Crippen molar-refractivity contribution in [2.45, 2.75) is 50.9 Å². The highest BCUT2D eigenvalue weighted by Gasteiger charge is 2.67. The summed E-state index contributed by atoms with van der Waals surface area (Å²) in [4.78, 5) is 17.3. The summed E-state index contributed by atoms with van der Waals surface area (Å²) in [7, 11) is 0. The maximum atomic E-state index is 13.1.